The molecule has 18 heavy (non-hydrogen) atoms. The van der Waals surface area contributed by atoms with E-state index in [1.165, 1.54) is 13.0 Å². The van der Waals surface area contributed by atoms with Crippen LogP contribution in [-0.2, 0) is 16.1 Å². The monoisotopic (exact) mass is 245 g/mol. The number of anilines is 1. The molecule has 0 unspecified atom stereocenters. The number of carbonyl (C=O) groups excluding carboxylic acids is 2. The molecule has 1 aromatic heterocycles. The van der Waals surface area contributed by atoms with E-state index in [0.29, 0.717) is 18.9 Å². The van der Waals surface area contributed by atoms with E-state index in [0.717, 1.165) is 11.1 Å². The van der Waals surface area contributed by atoms with Crippen molar-refractivity contribution in [2.24, 2.45) is 0 Å². The molecule has 0 radical (unpaired) electrons. The quantitative estimate of drug-likeness (QED) is 0.792. The fraction of sp³-hybridized carbons (Fsp3) is 0.308. The van der Waals surface area contributed by atoms with Gasteiger partial charge in [0.05, 0.1) is 6.54 Å². The molecule has 5 nitrogen and oxygen atoms in total. The van der Waals surface area contributed by atoms with Gasteiger partial charge < -0.3 is 5.32 Å². The molecule has 2 heterocycles. The molecular formula is C13H15N3O2. The lowest BCUT2D eigenvalue weighted by molar-refractivity contribution is -0.117. The Morgan fingerprint density at radius 3 is 3.00 bits per heavy atom. The fourth-order valence-corrected chi connectivity index (χ4v) is 1.83. The first-order valence-corrected chi connectivity index (χ1v) is 5.70. The van der Waals surface area contributed by atoms with Gasteiger partial charge in [-0.1, -0.05) is 0 Å². The third kappa shape index (κ3) is 3.01. The van der Waals surface area contributed by atoms with Gasteiger partial charge in [0.2, 0.25) is 5.91 Å². The molecule has 0 saturated heterocycles. The van der Waals surface area contributed by atoms with E-state index < -0.39 is 0 Å². The molecule has 1 aliphatic rings. The van der Waals surface area contributed by atoms with E-state index in [2.05, 4.69) is 10.3 Å². The predicted molar refractivity (Wildman–Crippen MR) is 68.9 cm³/mol. The molecule has 0 saturated carbocycles. The van der Waals surface area contributed by atoms with Crippen molar-refractivity contribution in [1.29, 1.82) is 0 Å². The number of aromatic nitrogens is 1. The maximum Gasteiger partial charge on any atom is 0.239 e. The second kappa shape index (κ2) is 5.10. The third-order valence-corrected chi connectivity index (χ3v) is 2.61. The maximum absolute atomic E-state index is 11.5. The van der Waals surface area contributed by atoms with Gasteiger partial charge in [-0.3, -0.25) is 14.5 Å². The normalized spacial score (nSPS) is 16.2. The molecule has 0 aromatic carbocycles. The van der Waals surface area contributed by atoms with Gasteiger partial charge in [0.25, 0.3) is 0 Å². The summed E-state index contributed by atoms with van der Waals surface area (Å²) in [4.78, 5) is 28.5. The van der Waals surface area contributed by atoms with Crippen molar-refractivity contribution in [3.8, 4) is 0 Å². The Kier molecular flexibility index (Phi) is 3.53. The number of rotatable bonds is 2. The second-order valence-electron chi connectivity index (χ2n) is 4.44. The van der Waals surface area contributed by atoms with Crippen molar-refractivity contribution in [1.82, 2.24) is 9.88 Å². The van der Waals surface area contributed by atoms with Crippen LogP contribution in [0.5, 0.6) is 0 Å². The fourth-order valence-electron chi connectivity index (χ4n) is 1.83. The predicted octanol–water partition coefficient (Wildman–Crippen LogP) is 1.07. The van der Waals surface area contributed by atoms with Gasteiger partial charge in [0.1, 0.15) is 5.82 Å². The number of carbonyl (C=O) groups is 2. The SMILES string of the molecule is CC(=O)/C=C/c1cnc2c(c1)CN(C)CC(=O)N2. The summed E-state index contributed by atoms with van der Waals surface area (Å²) in [6.45, 7) is 2.51. The highest BCUT2D eigenvalue weighted by atomic mass is 16.2. The van der Waals surface area contributed by atoms with Crippen LogP contribution in [0, 0.1) is 0 Å². The number of hydrogen-bond acceptors (Lipinski definition) is 4. The maximum atomic E-state index is 11.5. The highest BCUT2D eigenvalue weighted by Gasteiger charge is 2.17. The molecule has 5 heteroatoms. The van der Waals surface area contributed by atoms with Crippen molar-refractivity contribution in [2.75, 3.05) is 18.9 Å². The zero-order chi connectivity index (χ0) is 13.1. The van der Waals surface area contributed by atoms with Gasteiger partial charge in [-0.2, -0.15) is 0 Å². The summed E-state index contributed by atoms with van der Waals surface area (Å²) in [6, 6.07) is 1.93. The largest absolute Gasteiger partial charge is 0.309 e. The molecule has 1 aliphatic heterocycles. The van der Waals surface area contributed by atoms with Gasteiger partial charge in [0, 0.05) is 18.3 Å². The van der Waals surface area contributed by atoms with Gasteiger partial charge in [-0.25, -0.2) is 4.98 Å². The van der Waals surface area contributed by atoms with Crippen LogP contribution >= 0.6 is 0 Å². The number of hydrogen-bond donors (Lipinski definition) is 1. The number of nitrogens with one attached hydrogen (secondary N) is 1. The minimum absolute atomic E-state index is 0.00429. The summed E-state index contributed by atoms with van der Waals surface area (Å²) in [5, 5.41) is 2.76. The first-order chi connectivity index (χ1) is 8.54. The molecule has 0 fully saturated rings. The molecule has 1 aromatic rings. The molecule has 0 bridgehead atoms. The van der Waals surface area contributed by atoms with Crippen molar-refractivity contribution in [2.45, 2.75) is 13.5 Å². The summed E-state index contributed by atoms with van der Waals surface area (Å²) in [7, 11) is 1.88. The summed E-state index contributed by atoms with van der Waals surface area (Å²) < 4.78 is 0. The van der Waals surface area contributed by atoms with Crippen LogP contribution in [-0.4, -0.2) is 35.2 Å². The van der Waals surface area contributed by atoms with E-state index in [-0.39, 0.29) is 11.7 Å². The van der Waals surface area contributed by atoms with Crippen molar-refractivity contribution < 1.29 is 9.59 Å². The lowest BCUT2D eigenvalue weighted by Crippen LogP contribution is -2.26. The standard InChI is InChI=1S/C13H15N3O2/c1-9(17)3-4-10-5-11-7-16(2)8-12(18)15-13(11)14-6-10/h3-6H,7-8H2,1-2H3,(H,14,15,18)/b4-3+. The summed E-state index contributed by atoms with van der Waals surface area (Å²) >= 11 is 0. The lowest BCUT2D eigenvalue weighted by atomic mass is 10.1. The number of likely N-dealkylation sites (N-methyl/N-ethyl adjacent to an activating group) is 1. The van der Waals surface area contributed by atoms with E-state index in [1.807, 2.05) is 18.0 Å². The Labute approximate surface area is 106 Å². The number of nitrogens with zero attached hydrogens (tertiary/aromatic N) is 2. The Morgan fingerprint density at radius 2 is 2.28 bits per heavy atom. The Balaban J connectivity index is 2.31. The van der Waals surface area contributed by atoms with Crippen LogP contribution in [0.4, 0.5) is 5.82 Å². The topological polar surface area (TPSA) is 62.3 Å². The molecule has 1 N–H and O–H groups in total. The third-order valence-electron chi connectivity index (χ3n) is 2.61. The Bertz CT molecular complexity index is 523. The van der Waals surface area contributed by atoms with Gasteiger partial charge >= 0.3 is 0 Å². The van der Waals surface area contributed by atoms with Crippen LogP contribution in [0.15, 0.2) is 18.3 Å². The van der Waals surface area contributed by atoms with E-state index in [4.69, 9.17) is 0 Å². The minimum Gasteiger partial charge on any atom is -0.309 e. The van der Waals surface area contributed by atoms with Crippen molar-refractivity contribution in [3.05, 3.63) is 29.5 Å². The molecular weight excluding hydrogens is 230 g/mol. The number of allylic oxidation sites excluding steroid dienone is 1. The van der Waals surface area contributed by atoms with Crippen LogP contribution in [0.2, 0.25) is 0 Å². The first-order valence-electron chi connectivity index (χ1n) is 5.70. The average molecular weight is 245 g/mol. The molecule has 0 atom stereocenters. The van der Waals surface area contributed by atoms with Gasteiger partial charge in [-0.05, 0) is 37.8 Å². The molecule has 0 aliphatic carbocycles. The highest BCUT2D eigenvalue weighted by Crippen LogP contribution is 2.19. The Morgan fingerprint density at radius 1 is 1.50 bits per heavy atom. The van der Waals surface area contributed by atoms with E-state index >= 15 is 0 Å². The smallest absolute Gasteiger partial charge is 0.239 e. The first kappa shape index (κ1) is 12.4. The highest BCUT2D eigenvalue weighted by molar-refractivity contribution is 5.93. The van der Waals surface area contributed by atoms with Gasteiger partial charge in [-0.15, -0.1) is 0 Å². The molecule has 94 valence electrons. The zero-order valence-corrected chi connectivity index (χ0v) is 10.4. The summed E-state index contributed by atoms with van der Waals surface area (Å²) in [5.74, 6) is 0.537. The lowest BCUT2D eigenvalue weighted by Gasteiger charge is -2.11. The van der Waals surface area contributed by atoms with E-state index in [9.17, 15) is 9.59 Å². The second-order valence-corrected chi connectivity index (χ2v) is 4.44. The molecule has 2 rings (SSSR count). The van der Waals surface area contributed by atoms with Gasteiger partial charge in [0.15, 0.2) is 5.78 Å². The number of fused-ring (bicyclic) bond motifs is 1. The number of ketones is 1. The van der Waals surface area contributed by atoms with Crippen LogP contribution in [0.1, 0.15) is 18.1 Å². The van der Waals surface area contributed by atoms with E-state index in [1.54, 1.807) is 12.3 Å². The minimum atomic E-state index is -0.0595. The summed E-state index contributed by atoms with van der Waals surface area (Å²) in [6.07, 6.45) is 4.87. The Hall–Kier alpha value is -2.01. The van der Waals surface area contributed by atoms with Crippen LogP contribution in [0.25, 0.3) is 6.08 Å². The van der Waals surface area contributed by atoms with Crippen LogP contribution in [0.3, 0.4) is 0 Å². The molecule has 0 spiro atoms. The average Bonchev–Trinajstić information content (AvgIpc) is 2.42. The molecule has 1 amide bonds. The number of pyridine rings is 1. The zero-order valence-electron chi connectivity index (χ0n) is 10.4. The van der Waals surface area contributed by atoms with Crippen LogP contribution < -0.4 is 5.32 Å². The number of amides is 1. The van der Waals surface area contributed by atoms with Crippen molar-refractivity contribution in [3.63, 3.8) is 0 Å². The van der Waals surface area contributed by atoms with Crippen molar-refractivity contribution >= 4 is 23.6 Å². The summed E-state index contributed by atoms with van der Waals surface area (Å²) in [5.41, 5.74) is 1.81.